The number of nitrogens with one attached hydrogen (secondary N) is 3. The van der Waals surface area contributed by atoms with Gasteiger partial charge in [-0.1, -0.05) is 0 Å². The Morgan fingerprint density at radius 1 is 1.24 bits per heavy atom. The third kappa shape index (κ3) is 4.37. The Balaban J connectivity index is 1.49. The molecule has 0 saturated carbocycles. The van der Waals surface area contributed by atoms with E-state index in [-0.39, 0.29) is 34.6 Å². The first-order valence-electron chi connectivity index (χ1n) is 8.60. The van der Waals surface area contributed by atoms with E-state index in [1.165, 1.54) is 12.1 Å². The van der Waals surface area contributed by atoms with Crippen molar-refractivity contribution in [2.75, 3.05) is 31.9 Å². The van der Waals surface area contributed by atoms with Crippen LogP contribution in [0, 0.1) is 11.2 Å². The van der Waals surface area contributed by atoms with Crippen molar-refractivity contribution >= 4 is 15.7 Å². The Bertz CT molecular complexity index is 715. The lowest BCUT2D eigenvalue weighted by molar-refractivity contribution is -0.122. The fourth-order valence-electron chi connectivity index (χ4n) is 3.63. The van der Waals surface area contributed by atoms with E-state index in [0.29, 0.717) is 0 Å². The van der Waals surface area contributed by atoms with Gasteiger partial charge in [0.25, 0.3) is 0 Å². The molecule has 1 spiro atoms. The summed E-state index contributed by atoms with van der Waals surface area (Å²) in [6.45, 7) is 2.84. The number of carbonyl (C=O) groups excluding carboxylic acids is 1. The molecule has 2 saturated heterocycles. The normalized spacial score (nSPS) is 22.8. The highest BCUT2D eigenvalue weighted by molar-refractivity contribution is 7.91. The van der Waals surface area contributed by atoms with Crippen LogP contribution in [0.5, 0.6) is 0 Å². The van der Waals surface area contributed by atoms with Crippen LogP contribution in [0.2, 0.25) is 0 Å². The molecule has 1 amide bonds. The van der Waals surface area contributed by atoms with E-state index in [9.17, 15) is 17.6 Å². The molecule has 2 aliphatic rings. The lowest BCUT2D eigenvalue weighted by Crippen LogP contribution is -2.42. The van der Waals surface area contributed by atoms with Gasteiger partial charge in [0.2, 0.25) is 5.91 Å². The van der Waals surface area contributed by atoms with Crippen molar-refractivity contribution < 1.29 is 17.6 Å². The number of carbonyl (C=O) groups is 1. The molecule has 6 nitrogen and oxygen atoms in total. The van der Waals surface area contributed by atoms with Crippen molar-refractivity contribution in [3.05, 3.63) is 30.1 Å². The molecule has 3 N–H and O–H groups in total. The summed E-state index contributed by atoms with van der Waals surface area (Å²) in [6, 6.07) is 4.46. The first kappa shape index (κ1) is 18.3. The fraction of sp³-hybridized carbons (Fsp3) is 0.588. The van der Waals surface area contributed by atoms with Crippen LogP contribution in [-0.4, -0.2) is 52.3 Å². The van der Waals surface area contributed by atoms with Gasteiger partial charge >= 0.3 is 0 Å². The molecule has 25 heavy (non-hydrogen) atoms. The van der Waals surface area contributed by atoms with Gasteiger partial charge in [0.05, 0.1) is 16.7 Å². The highest BCUT2D eigenvalue weighted by atomic mass is 32.2. The van der Waals surface area contributed by atoms with E-state index < -0.39 is 15.7 Å². The maximum Gasteiger partial charge on any atom is 0.237 e. The van der Waals surface area contributed by atoms with Crippen molar-refractivity contribution in [3.63, 3.8) is 0 Å². The molecule has 8 heteroatoms. The number of hydrogen-bond donors (Lipinski definition) is 3. The van der Waals surface area contributed by atoms with Crippen molar-refractivity contribution in [3.8, 4) is 0 Å². The third-order valence-electron chi connectivity index (χ3n) is 5.18. The van der Waals surface area contributed by atoms with Crippen LogP contribution in [-0.2, 0) is 14.6 Å². The average molecular weight is 369 g/mol. The summed E-state index contributed by atoms with van der Waals surface area (Å²) in [5.74, 6) is -0.831. The van der Waals surface area contributed by atoms with Crippen molar-refractivity contribution in [1.82, 2.24) is 16.0 Å². The van der Waals surface area contributed by atoms with E-state index in [1.54, 1.807) is 0 Å². The van der Waals surface area contributed by atoms with Crippen LogP contribution < -0.4 is 16.0 Å². The highest BCUT2D eigenvalue weighted by Crippen LogP contribution is 2.37. The number of hydrogen-bond acceptors (Lipinski definition) is 5. The molecule has 2 fully saturated rings. The summed E-state index contributed by atoms with van der Waals surface area (Å²) in [6.07, 6.45) is 2.91. The van der Waals surface area contributed by atoms with Gasteiger partial charge in [-0.15, -0.1) is 0 Å². The van der Waals surface area contributed by atoms with Gasteiger partial charge in [0, 0.05) is 13.1 Å². The summed E-state index contributed by atoms with van der Waals surface area (Å²) >= 11 is 0. The number of amides is 1. The van der Waals surface area contributed by atoms with E-state index in [4.69, 9.17) is 0 Å². The van der Waals surface area contributed by atoms with Crippen LogP contribution in [0.4, 0.5) is 4.39 Å². The average Bonchev–Trinajstić information content (AvgIpc) is 2.99. The number of sulfone groups is 1. The van der Waals surface area contributed by atoms with Crippen LogP contribution in [0.25, 0.3) is 0 Å². The van der Waals surface area contributed by atoms with Crippen molar-refractivity contribution in [1.29, 1.82) is 0 Å². The van der Waals surface area contributed by atoms with Gasteiger partial charge < -0.3 is 16.0 Å². The van der Waals surface area contributed by atoms with Gasteiger partial charge in [-0.25, -0.2) is 12.8 Å². The molecule has 2 aliphatic heterocycles. The van der Waals surface area contributed by atoms with Gasteiger partial charge in [-0.3, -0.25) is 4.79 Å². The molecule has 0 bridgehead atoms. The molecule has 3 rings (SSSR count). The lowest BCUT2D eigenvalue weighted by atomic mass is 9.77. The summed E-state index contributed by atoms with van der Waals surface area (Å²) in [5.41, 5.74) is 0.188. The molecule has 0 aliphatic carbocycles. The predicted octanol–water partition coefficient (Wildman–Crippen LogP) is 0.447. The number of benzene rings is 1. The summed E-state index contributed by atoms with van der Waals surface area (Å²) in [7, 11) is -3.53. The smallest absolute Gasteiger partial charge is 0.237 e. The van der Waals surface area contributed by atoms with Crippen molar-refractivity contribution in [2.45, 2.75) is 30.2 Å². The number of rotatable bonds is 5. The first-order chi connectivity index (χ1) is 11.9. The Morgan fingerprint density at radius 3 is 2.60 bits per heavy atom. The Morgan fingerprint density at radius 2 is 1.92 bits per heavy atom. The van der Waals surface area contributed by atoms with Crippen molar-refractivity contribution in [2.24, 2.45) is 5.41 Å². The second-order valence-corrected chi connectivity index (χ2v) is 9.06. The van der Waals surface area contributed by atoms with Gasteiger partial charge in [-0.2, -0.15) is 0 Å². The molecule has 1 aromatic carbocycles. The molecular weight excluding hydrogens is 345 g/mol. The quantitative estimate of drug-likeness (QED) is 0.656. The molecular formula is C17H24FN3O3S. The zero-order valence-electron chi connectivity index (χ0n) is 14.1. The largest absolute Gasteiger partial charge is 0.354 e. The molecule has 1 aromatic rings. The summed E-state index contributed by atoms with van der Waals surface area (Å²) in [4.78, 5) is 12.4. The highest BCUT2D eigenvalue weighted by Gasteiger charge is 2.42. The van der Waals surface area contributed by atoms with Gasteiger partial charge in [0.15, 0.2) is 9.84 Å². The second-order valence-electron chi connectivity index (χ2n) is 6.95. The van der Waals surface area contributed by atoms with E-state index >= 15 is 0 Å². The van der Waals surface area contributed by atoms with E-state index in [1.807, 2.05) is 0 Å². The molecule has 138 valence electrons. The fourth-order valence-corrected chi connectivity index (χ4v) is 4.79. The SMILES string of the molecule is O=C(NCCS(=O)(=O)c1ccc(F)cc1)C1CC2(CCNCC2)CN1. The lowest BCUT2D eigenvalue weighted by Gasteiger charge is -2.33. The predicted molar refractivity (Wildman–Crippen MR) is 92.4 cm³/mol. The second kappa shape index (κ2) is 7.39. The zero-order chi connectivity index (χ0) is 17.9. The van der Waals surface area contributed by atoms with Crippen LogP contribution in [0.3, 0.4) is 0 Å². The Kier molecular flexibility index (Phi) is 5.41. The topological polar surface area (TPSA) is 87.3 Å². The third-order valence-corrected chi connectivity index (χ3v) is 6.92. The Hall–Kier alpha value is -1.51. The maximum absolute atomic E-state index is 12.9. The van der Waals surface area contributed by atoms with Crippen LogP contribution in [0.15, 0.2) is 29.2 Å². The van der Waals surface area contributed by atoms with Gasteiger partial charge in [-0.05, 0) is 62.0 Å². The van der Waals surface area contributed by atoms with Crippen LogP contribution >= 0.6 is 0 Å². The number of halogens is 1. The van der Waals surface area contributed by atoms with Gasteiger partial charge in [0.1, 0.15) is 5.82 Å². The minimum atomic E-state index is -3.53. The summed E-state index contributed by atoms with van der Waals surface area (Å²) < 4.78 is 37.3. The monoisotopic (exact) mass is 369 g/mol. The molecule has 0 aromatic heterocycles. The molecule has 1 unspecified atom stereocenters. The molecule has 1 atom stereocenters. The molecule has 0 radical (unpaired) electrons. The first-order valence-corrected chi connectivity index (χ1v) is 10.3. The van der Waals surface area contributed by atoms with E-state index in [0.717, 1.165) is 51.0 Å². The zero-order valence-corrected chi connectivity index (χ0v) is 14.9. The Labute approximate surface area is 147 Å². The maximum atomic E-state index is 12.9. The van der Waals surface area contributed by atoms with E-state index in [2.05, 4.69) is 16.0 Å². The summed E-state index contributed by atoms with van der Waals surface area (Å²) in [5, 5.41) is 9.32. The molecule has 2 heterocycles. The minimum Gasteiger partial charge on any atom is -0.354 e. The van der Waals surface area contributed by atoms with Crippen LogP contribution in [0.1, 0.15) is 19.3 Å². The standard InChI is InChI=1S/C17H24FN3O3S/c18-13-1-3-14(4-2-13)25(23,24)10-9-20-16(22)15-11-17(12-21-15)5-7-19-8-6-17/h1-4,15,19,21H,5-12H2,(H,20,22). The number of piperidine rings is 1. The minimum absolute atomic E-state index is 0.0469.